The van der Waals surface area contributed by atoms with E-state index in [-0.39, 0.29) is 41.5 Å². The number of ether oxygens (including phenoxy) is 3. The largest absolute Gasteiger partial charge is 0.494 e. The number of rotatable bonds is 10. The Morgan fingerprint density at radius 1 is 1.17 bits per heavy atom. The molecule has 186 valence electrons. The van der Waals surface area contributed by atoms with E-state index in [1.54, 1.807) is 29.2 Å². The van der Waals surface area contributed by atoms with Crippen molar-refractivity contribution in [2.24, 2.45) is 5.92 Å². The number of nitrogens with one attached hydrogen (secondary N) is 1. The fourth-order valence-electron chi connectivity index (χ4n) is 3.83. The molecule has 0 bridgehead atoms. The Balaban J connectivity index is 1.32. The van der Waals surface area contributed by atoms with E-state index < -0.39 is 0 Å². The Hall–Kier alpha value is -3.17. The molecule has 2 heterocycles. The standard InChI is InChI=1S/C25H27ClN2O6S/c1-15(2)21(28-12-20(34-25(28)31)13-32-19-5-3-4-17(26)11-19)14-33-18-8-6-16(7-9-18)10-22-23(29)27-24(30)35-22/h3-9,11,15,20-21,29H,10,12-14H2,1-2H3,(H,27,30). The van der Waals surface area contributed by atoms with Crippen LogP contribution in [0.2, 0.25) is 5.02 Å². The predicted molar refractivity (Wildman–Crippen MR) is 134 cm³/mol. The quantitative estimate of drug-likeness (QED) is 0.404. The van der Waals surface area contributed by atoms with Crippen molar-refractivity contribution in [3.63, 3.8) is 0 Å². The fraction of sp³-hybridized carbons (Fsp3) is 0.360. The van der Waals surface area contributed by atoms with Crippen LogP contribution in [0.4, 0.5) is 4.79 Å². The third kappa shape index (κ3) is 6.49. The topological polar surface area (TPSA) is 101 Å². The Bertz CT molecular complexity index is 1210. The lowest BCUT2D eigenvalue weighted by Gasteiger charge is -2.29. The average Bonchev–Trinajstić information content (AvgIpc) is 3.34. The third-order valence-corrected chi connectivity index (χ3v) is 6.82. The summed E-state index contributed by atoms with van der Waals surface area (Å²) in [6.45, 7) is 5.03. The molecule has 2 atom stereocenters. The van der Waals surface area contributed by atoms with Crippen LogP contribution in [0.5, 0.6) is 17.4 Å². The van der Waals surface area contributed by atoms with Gasteiger partial charge in [0, 0.05) is 11.4 Å². The number of aromatic hydroxyl groups is 1. The molecule has 0 aliphatic carbocycles. The number of cyclic esters (lactones) is 1. The van der Waals surface area contributed by atoms with E-state index in [9.17, 15) is 14.7 Å². The van der Waals surface area contributed by atoms with Crippen LogP contribution in [-0.4, -0.2) is 53.0 Å². The van der Waals surface area contributed by atoms with Crippen molar-refractivity contribution < 1.29 is 24.1 Å². The Kier molecular flexibility index (Phi) is 7.87. The van der Waals surface area contributed by atoms with E-state index in [0.29, 0.717) is 41.0 Å². The van der Waals surface area contributed by atoms with Gasteiger partial charge < -0.3 is 19.3 Å². The van der Waals surface area contributed by atoms with Crippen LogP contribution < -0.4 is 14.3 Å². The highest BCUT2D eigenvalue weighted by Crippen LogP contribution is 2.25. The first-order valence-electron chi connectivity index (χ1n) is 11.3. The molecule has 1 amide bonds. The lowest BCUT2D eigenvalue weighted by molar-refractivity contribution is 0.0962. The smallest absolute Gasteiger partial charge is 0.410 e. The van der Waals surface area contributed by atoms with Gasteiger partial charge in [0.2, 0.25) is 5.88 Å². The van der Waals surface area contributed by atoms with Gasteiger partial charge in [0.05, 0.1) is 17.5 Å². The molecule has 1 fully saturated rings. The van der Waals surface area contributed by atoms with Gasteiger partial charge in [0.25, 0.3) is 0 Å². The second kappa shape index (κ2) is 11.0. The highest BCUT2D eigenvalue weighted by molar-refractivity contribution is 7.09. The Morgan fingerprint density at radius 3 is 2.60 bits per heavy atom. The van der Waals surface area contributed by atoms with Crippen LogP contribution in [0.25, 0.3) is 0 Å². The van der Waals surface area contributed by atoms with Crippen LogP contribution in [-0.2, 0) is 11.2 Å². The normalized spacial score (nSPS) is 16.4. The zero-order chi connectivity index (χ0) is 24.9. The molecular formula is C25H27ClN2O6S. The number of hydrogen-bond acceptors (Lipinski definition) is 7. The number of aromatic amines is 1. The molecule has 4 rings (SSSR count). The van der Waals surface area contributed by atoms with Crippen molar-refractivity contribution in [2.75, 3.05) is 19.8 Å². The van der Waals surface area contributed by atoms with Crippen molar-refractivity contribution in [3.8, 4) is 17.4 Å². The minimum atomic E-state index is -0.387. The number of nitrogens with zero attached hydrogens (tertiary/aromatic N) is 1. The van der Waals surface area contributed by atoms with Crippen LogP contribution in [0, 0.1) is 5.92 Å². The molecule has 8 nitrogen and oxygen atoms in total. The molecule has 2 aromatic carbocycles. The van der Waals surface area contributed by atoms with Crippen LogP contribution in [0.3, 0.4) is 0 Å². The molecule has 0 radical (unpaired) electrons. The van der Waals surface area contributed by atoms with Crippen molar-refractivity contribution in [1.29, 1.82) is 0 Å². The number of carbonyl (C=O) groups is 1. The monoisotopic (exact) mass is 518 g/mol. The van der Waals surface area contributed by atoms with E-state index in [2.05, 4.69) is 4.98 Å². The molecule has 1 aliphatic rings. The van der Waals surface area contributed by atoms with E-state index >= 15 is 0 Å². The van der Waals surface area contributed by atoms with E-state index in [4.69, 9.17) is 25.8 Å². The van der Waals surface area contributed by atoms with Gasteiger partial charge in [-0.25, -0.2) is 4.79 Å². The Labute approximate surface area is 212 Å². The van der Waals surface area contributed by atoms with Gasteiger partial charge in [-0.15, -0.1) is 0 Å². The first kappa shape index (κ1) is 24.9. The molecule has 3 aromatic rings. The first-order valence-corrected chi connectivity index (χ1v) is 12.5. The number of amides is 1. The molecule has 1 saturated heterocycles. The zero-order valence-corrected chi connectivity index (χ0v) is 21.0. The summed E-state index contributed by atoms with van der Waals surface area (Å²) in [6, 6.07) is 14.4. The van der Waals surface area contributed by atoms with Gasteiger partial charge in [0.15, 0.2) is 6.10 Å². The number of carbonyl (C=O) groups excluding carboxylic acids is 1. The van der Waals surface area contributed by atoms with E-state index in [0.717, 1.165) is 16.9 Å². The molecule has 0 saturated carbocycles. The highest BCUT2D eigenvalue weighted by atomic mass is 35.5. The lowest BCUT2D eigenvalue weighted by atomic mass is 10.0. The summed E-state index contributed by atoms with van der Waals surface area (Å²) >= 11 is 6.98. The van der Waals surface area contributed by atoms with Gasteiger partial charge in [0.1, 0.15) is 24.7 Å². The zero-order valence-electron chi connectivity index (χ0n) is 19.4. The number of H-pyrrole nitrogens is 1. The molecule has 10 heteroatoms. The molecular weight excluding hydrogens is 492 g/mol. The molecule has 0 spiro atoms. The summed E-state index contributed by atoms with van der Waals surface area (Å²) in [4.78, 5) is 28.3. The second-order valence-corrected chi connectivity index (χ2v) is 10.2. The number of hydrogen-bond donors (Lipinski definition) is 2. The SMILES string of the molecule is CC(C)C(COc1ccc(Cc2sc(=O)[nH]c2O)cc1)N1CC(COc2cccc(Cl)c2)OC1=O. The van der Waals surface area contributed by atoms with E-state index in [1.165, 1.54) is 0 Å². The minimum absolute atomic E-state index is 0.0890. The van der Waals surface area contributed by atoms with Gasteiger partial charge in [-0.3, -0.25) is 14.7 Å². The average molecular weight is 519 g/mol. The molecule has 2 N–H and O–H groups in total. The van der Waals surface area contributed by atoms with Gasteiger partial charge in [-0.2, -0.15) is 0 Å². The van der Waals surface area contributed by atoms with Gasteiger partial charge in [-0.1, -0.05) is 55.0 Å². The maximum Gasteiger partial charge on any atom is 0.410 e. The fourth-order valence-corrected chi connectivity index (χ4v) is 4.77. The summed E-state index contributed by atoms with van der Waals surface area (Å²) < 4.78 is 17.3. The summed E-state index contributed by atoms with van der Waals surface area (Å²) in [6.07, 6.45) is -0.321. The second-order valence-electron chi connectivity index (χ2n) is 8.66. The van der Waals surface area contributed by atoms with Crippen molar-refractivity contribution >= 4 is 29.0 Å². The van der Waals surface area contributed by atoms with Crippen LogP contribution in [0.15, 0.2) is 53.3 Å². The maximum absolute atomic E-state index is 12.6. The molecule has 1 aliphatic heterocycles. The van der Waals surface area contributed by atoms with Crippen molar-refractivity contribution in [3.05, 3.63) is 73.7 Å². The number of aromatic nitrogens is 1. The summed E-state index contributed by atoms with van der Waals surface area (Å²) in [5.41, 5.74) is 0.939. The first-order chi connectivity index (χ1) is 16.8. The lowest BCUT2D eigenvalue weighted by Crippen LogP contribution is -2.44. The van der Waals surface area contributed by atoms with Gasteiger partial charge >= 0.3 is 11.0 Å². The molecule has 35 heavy (non-hydrogen) atoms. The number of halogens is 1. The predicted octanol–water partition coefficient (Wildman–Crippen LogP) is 4.69. The third-order valence-electron chi connectivity index (χ3n) is 5.71. The summed E-state index contributed by atoms with van der Waals surface area (Å²) in [7, 11) is 0. The Morgan fingerprint density at radius 2 is 1.94 bits per heavy atom. The van der Waals surface area contributed by atoms with Crippen LogP contribution in [0.1, 0.15) is 24.3 Å². The van der Waals surface area contributed by atoms with Crippen molar-refractivity contribution in [2.45, 2.75) is 32.4 Å². The minimum Gasteiger partial charge on any atom is -0.494 e. The number of thiazole rings is 1. The highest BCUT2D eigenvalue weighted by Gasteiger charge is 2.38. The van der Waals surface area contributed by atoms with Gasteiger partial charge in [-0.05, 0) is 41.8 Å². The molecule has 2 unspecified atom stereocenters. The van der Waals surface area contributed by atoms with Crippen molar-refractivity contribution in [1.82, 2.24) is 9.88 Å². The number of benzene rings is 2. The maximum atomic E-state index is 12.6. The molecule has 1 aromatic heterocycles. The van der Waals surface area contributed by atoms with Crippen LogP contribution >= 0.6 is 22.9 Å². The summed E-state index contributed by atoms with van der Waals surface area (Å²) in [5, 5.41) is 10.3. The van der Waals surface area contributed by atoms with E-state index in [1.807, 2.05) is 38.1 Å². The summed E-state index contributed by atoms with van der Waals surface area (Å²) in [5.74, 6) is 1.35.